The summed E-state index contributed by atoms with van der Waals surface area (Å²) < 4.78 is 10.4. The molecule has 0 aliphatic carbocycles. The van der Waals surface area contributed by atoms with E-state index in [0.717, 1.165) is 25.7 Å². The zero-order valence-electron chi connectivity index (χ0n) is 20.2. The van der Waals surface area contributed by atoms with E-state index in [1.807, 2.05) is 6.08 Å². The van der Waals surface area contributed by atoms with Crippen molar-refractivity contribution in [3.8, 4) is 0 Å². The number of carbonyl (C=O) groups is 2. The molecule has 0 aliphatic rings. The monoisotopic (exact) mass is 440 g/mol. The van der Waals surface area contributed by atoms with Crippen molar-refractivity contribution in [1.82, 2.24) is 0 Å². The van der Waals surface area contributed by atoms with Gasteiger partial charge in [0.1, 0.15) is 6.61 Å². The SMILES string of the molecule is CCCCCCCCC/C=C\CCC(=O)O[C@@H](CO)COC(=O)CCCCCCCC. The number of carbonyl (C=O) groups excluding carboxylic acids is 2. The molecule has 182 valence electrons. The lowest BCUT2D eigenvalue weighted by atomic mass is 10.1. The van der Waals surface area contributed by atoms with E-state index in [1.165, 1.54) is 64.2 Å². The van der Waals surface area contributed by atoms with Gasteiger partial charge in [-0.1, -0.05) is 96.6 Å². The van der Waals surface area contributed by atoms with Crippen LogP contribution in [0.5, 0.6) is 0 Å². The average Bonchev–Trinajstić information content (AvgIpc) is 2.77. The maximum absolute atomic E-state index is 11.9. The lowest BCUT2D eigenvalue weighted by Gasteiger charge is -2.15. The zero-order valence-corrected chi connectivity index (χ0v) is 20.2. The van der Waals surface area contributed by atoms with Gasteiger partial charge in [-0.25, -0.2) is 0 Å². The summed E-state index contributed by atoms with van der Waals surface area (Å²) >= 11 is 0. The summed E-state index contributed by atoms with van der Waals surface area (Å²) in [6, 6.07) is 0. The number of allylic oxidation sites excluding steroid dienone is 2. The Labute approximate surface area is 191 Å². The topological polar surface area (TPSA) is 72.8 Å². The first-order valence-electron chi connectivity index (χ1n) is 12.7. The fourth-order valence-corrected chi connectivity index (χ4v) is 3.33. The first kappa shape index (κ1) is 29.6. The van der Waals surface area contributed by atoms with Crippen LogP contribution in [0.3, 0.4) is 0 Å². The van der Waals surface area contributed by atoms with E-state index in [-0.39, 0.29) is 31.6 Å². The van der Waals surface area contributed by atoms with Crippen molar-refractivity contribution >= 4 is 11.9 Å². The lowest BCUT2D eigenvalue weighted by molar-refractivity contribution is -0.161. The van der Waals surface area contributed by atoms with Gasteiger partial charge in [0.25, 0.3) is 0 Å². The third-order valence-electron chi connectivity index (χ3n) is 5.32. The molecule has 0 aliphatic heterocycles. The maximum atomic E-state index is 11.9. The minimum Gasteiger partial charge on any atom is -0.462 e. The number of unbranched alkanes of at least 4 members (excludes halogenated alkanes) is 12. The molecule has 0 rings (SSSR count). The molecular weight excluding hydrogens is 392 g/mol. The van der Waals surface area contributed by atoms with Crippen LogP contribution in [0.2, 0.25) is 0 Å². The van der Waals surface area contributed by atoms with Crippen LogP contribution in [0.1, 0.15) is 123 Å². The van der Waals surface area contributed by atoms with Crippen molar-refractivity contribution in [3.63, 3.8) is 0 Å². The van der Waals surface area contributed by atoms with Crippen LogP contribution in [0.15, 0.2) is 12.2 Å². The van der Waals surface area contributed by atoms with Gasteiger partial charge in [-0.05, 0) is 25.7 Å². The minimum absolute atomic E-state index is 0.0784. The van der Waals surface area contributed by atoms with Gasteiger partial charge in [0.15, 0.2) is 6.10 Å². The third kappa shape index (κ3) is 21.7. The van der Waals surface area contributed by atoms with Gasteiger partial charge in [-0.15, -0.1) is 0 Å². The van der Waals surface area contributed by atoms with E-state index >= 15 is 0 Å². The molecule has 0 saturated carbocycles. The maximum Gasteiger partial charge on any atom is 0.306 e. The second kappa shape index (κ2) is 23.3. The number of hydrogen-bond donors (Lipinski definition) is 1. The molecule has 0 unspecified atom stereocenters. The first-order valence-corrected chi connectivity index (χ1v) is 12.7. The van der Waals surface area contributed by atoms with Crippen molar-refractivity contribution in [2.24, 2.45) is 0 Å². The van der Waals surface area contributed by atoms with Gasteiger partial charge in [-0.2, -0.15) is 0 Å². The van der Waals surface area contributed by atoms with Gasteiger partial charge in [0.2, 0.25) is 0 Å². The molecule has 5 nitrogen and oxygen atoms in total. The summed E-state index contributed by atoms with van der Waals surface area (Å²) in [5.41, 5.74) is 0. The van der Waals surface area contributed by atoms with E-state index in [1.54, 1.807) is 0 Å². The minimum atomic E-state index is -0.780. The summed E-state index contributed by atoms with van der Waals surface area (Å²) in [6.45, 7) is 3.99. The first-order chi connectivity index (χ1) is 15.1. The van der Waals surface area contributed by atoms with Crippen LogP contribution < -0.4 is 0 Å². The summed E-state index contributed by atoms with van der Waals surface area (Å²) in [4.78, 5) is 23.7. The van der Waals surface area contributed by atoms with Crippen LogP contribution >= 0.6 is 0 Å². The molecule has 0 fully saturated rings. The van der Waals surface area contributed by atoms with E-state index in [9.17, 15) is 14.7 Å². The van der Waals surface area contributed by atoms with Gasteiger partial charge in [-0.3, -0.25) is 9.59 Å². The van der Waals surface area contributed by atoms with Crippen molar-refractivity contribution in [2.75, 3.05) is 13.2 Å². The Hall–Kier alpha value is -1.36. The molecule has 31 heavy (non-hydrogen) atoms. The molecule has 0 heterocycles. The molecule has 0 spiro atoms. The summed E-state index contributed by atoms with van der Waals surface area (Å²) in [6.07, 6.45) is 21.4. The van der Waals surface area contributed by atoms with Crippen LogP contribution in [0, 0.1) is 0 Å². The molecule has 0 amide bonds. The Bertz CT molecular complexity index is 447. The molecular formula is C26H48O5. The number of esters is 2. The summed E-state index contributed by atoms with van der Waals surface area (Å²) in [5, 5.41) is 9.36. The van der Waals surface area contributed by atoms with Gasteiger partial charge >= 0.3 is 11.9 Å². The van der Waals surface area contributed by atoms with E-state index in [0.29, 0.717) is 12.8 Å². The Balaban J connectivity index is 3.70. The van der Waals surface area contributed by atoms with Crippen molar-refractivity contribution in [1.29, 1.82) is 0 Å². The second-order valence-electron chi connectivity index (χ2n) is 8.42. The summed E-state index contributed by atoms with van der Waals surface area (Å²) in [7, 11) is 0. The molecule has 0 saturated heterocycles. The zero-order chi connectivity index (χ0) is 23.0. The molecule has 0 bridgehead atoms. The molecule has 0 aromatic rings. The van der Waals surface area contributed by atoms with Crippen molar-refractivity contribution in [2.45, 2.75) is 129 Å². The van der Waals surface area contributed by atoms with Gasteiger partial charge in [0.05, 0.1) is 6.61 Å². The predicted octanol–water partition coefficient (Wildman–Crippen LogP) is 6.66. The quantitative estimate of drug-likeness (QED) is 0.116. The number of aliphatic hydroxyl groups is 1. The van der Waals surface area contributed by atoms with Crippen LogP contribution in [0.25, 0.3) is 0 Å². The Morgan fingerprint density at radius 2 is 1.26 bits per heavy atom. The van der Waals surface area contributed by atoms with Crippen LogP contribution in [-0.4, -0.2) is 36.4 Å². The molecule has 1 atom stereocenters. The van der Waals surface area contributed by atoms with E-state index < -0.39 is 6.10 Å². The van der Waals surface area contributed by atoms with Crippen molar-refractivity contribution < 1.29 is 24.2 Å². The van der Waals surface area contributed by atoms with Crippen molar-refractivity contribution in [3.05, 3.63) is 12.2 Å². The Kier molecular flexibility index (Phi) is 22.3. The Morgan fingerprint density at radius 3 is 1.87 bits per heavy atom. The number of aliphatic hydroxyl groups excluding tert-OH is 1. The summed E-state index contributed by atoms with van der Waals surface area (Å²) in [5.74, 6) is -0.662. The largest absolute Gasteiger partial charge is 0.462 e. The van der Waals surface area contributed by atoms with Gasteiger partial charge in [0, 0.05) is 12.8 Å². The standard InChI is InChI=1S/C26H48O5/c1-3-5-7-9-11-12-13-14-15-17-19-21-26(29)31-24(22-27)23-30-25(28)20-18-16-10-8-6-4-2/h15,17,24,27H,3-14,16,18-23H2,1-2H3/b17-15-/t24-/m0/s1. The van der Waals surface area contributed by atoms with Gasteiger partial charge < -0.3 is 14.6 Å². The fraction of sp³-hybridized carbons (Fsp3) is 0.846. The van der Waals surface area contributed by atoms with E-state index in [2.05, 4.69) is 19.9 Å². The lowest BCUT2D eigenvalue weighted by Crippen LogP contribution is -2.28. The smallest absolute Gasteiger partial charge is 0.306 e. The number of ether oxygens (including phenoxy) is 2. The highest BCUT2D eigenvalue weighted by Gasteiger charge is 2.15. The Morgan fingerprint density at radius 1 is 0.710 bits per heavy atom. The highest BCUT2D eigenvalue weighted by molar-refractivity contribution is 5.70. The third-order valence-corrected chi connectivity index (χ3v) is 5.32. The predicted molar refractivity (Wildman–Crippen MR) is 127 cm³/mol. The highest BCUT2D eigenvalue weighted by atomic mass is 16.6. The van der Waals surface area contributed by atoms with E-state index in [4.69, 9.17) is 9.47 Å². The average molecular weight is 441 g/mol. The molecule has 0 aromatic heterocycles. The fourth-order valence-electron chi connectivity index (χ4n) is 3.33. The molecule has 1 N–H and O–H groups in total. The number of rotatable bonds is 22. The second-order valence-corrected chi connectivity index (χ2v) is 8.42. The number of hydrogen-bond acceptors (Lipinski definition) is 5. The molecule has 5 heteroatoms. The molecule has 0 aromatic carbocycles. The highest BCUT2D eigenvalue weighted by Crippen LogP contribution is 2.10. The molecule has 0 radical (unpaired) electrons. The normalized spacial score (nSPS) is 12.2. The van der Waals surface area contributed by atoms with Crippen LogP contribution in [-0.2, 0) is 19.1 Å². The van der Waals surface area contributed by atoms with Crippen LogP contribution in [0.4, 0.5) is 0 Å².